The van der Waals surface area contributed by atoms with Gasteiger partial charge in [0.25, 0.3) is 0 Å². The molecule has 1 heterocycles. The summed E-state index contributed by atoms with van der Waals surface area (Å²) < 4.78 is 0. The highest BCUT2D eigenvalue weighted by atomic mass is 15.3. The Balaban J connectivity index is 2.14. The van der Waals surface area contributed by atoms with Crippen LogP contribution in [0.4, 0.5) is 0 Å². The molecule has 0 amide bonds. The van der Waals surface area contributed by atoms with Gasteiger partial charge in [0.2, 0.25) is 0 Å². The van der Waals surface area contributed by atoms with Crippen LogP contribution in [0.2, 0.25) is 0 Å². The molecule has 0 unspecified atom stereocenters. The lowest BCUT2D eigenvalue weighted by atomic mass is 10.3. The highest BCUT2D eigenvalue weighted by Crippen LogP contribution is 2.00. The molecule has 0 aromatic rings. The van der Waals surface area contributed by atoms with E-state index in [4.69, 9.17) is 5.73 Å². The van der Waals surface area contributed by atoms with Gasteiger partial charge in [-0.3, -0.25) is 4.90 Å². The molecule has 1 aliphatic rings. The zero-order chi connectivity index (χ0) is 8.10. The number of hydrogen-bond donors (Lipinski definition) is 0. The molecule has 1 saturated heterocycles. The summed E-state index contributed by atoms with van der Waals surface area (Å²) in [7, 11) is 0. The van der Waals surface area contributed by atoms with Gasteiger partial charge in [0, 0.05) is 26.2 Å². The summed E-state index contributed by atoms with van der Waals surface area (Å²) in [4.78, 5) is 4.66. The summed E-state index contributed by atoms with van der Waals surface area (Å²) in [5.41, 5.74) is 7.17. The number of piperazine rings is 1. The first-order valence-electron chi connectivity index (χ1n) is 4.46. The van der Waals surface area contributed by atoms with Crippen molar-refractivity contribution in [2.45, 2.75) is 13.3 Å². The predicted molar refractivity (Wildman–Crippen MR) is 46.3 cm³/mol. The summed E-state index contributed by atoms with van der Waals surface area (Å²) in [6.45, 7) is 8.41. The molecule has 0 saturated carbocycles. The minimum Gasteiger partial charge on any atom is -0.301 e. The smallest absolute Gasteiger partial charge is 0.0616 e. The van der Waals surface area contributed by atoms with E-state index in [-0.39, 0.29) is 0 Å². The fourth-order valence-corrected chi connectivity index (χ4v) is 1.49. The second kappa shape index (κ2) is 4.70. The van der Waals surface area contributed by atoms with Gasteiger partial charge >= 0.3 is 0 Å². The van der Waals surface area contributed by atoms with Crippen molar-refractivity contribution in [1.29, 1.82) is 0 Å². The Labute approximate surface area is 69.1 Å². The Kier molecular flexibility index (Phi) is 3.83. The minimum atomic E-state index is 0.472. The topological polar surface area (TPSA) is 30.3 Å². The lowest BCUT2D eigenvalue weighted by molar-refractivity contribution is 0.133. The van der Waals surface area contributed by atoms with Crippen LogP contribution in [0.1, 0.15) is 13.3 Å². The van der Waals surface area contributed by atoms with E-state index in [9.17, 15) is 0 Å². The summed E-state index contributed by atoms with van der Waals surface area (Å²) in [6.07, 6.45) is 1.25. The minimum absolute atomic E-state index is 0.472. The lowest BCUT2D eigenvalue weighted by Gasteiger charge is -2.33. The molecule has 0 aromatic heterocycles. The molecule has 3 heteroatoms. The van der Waals surface area contributed by atoms with E-state index in [1.807, 2.05) is 0 Å². The summed E-state index contributed by atoms with van der Waals surface area (Å²) in [5, 5.41) is 0. The fraction of sp³-hybridized carbons (Fsp3) is 1.00. The van der Waals surface area contributed by atoms with Gasteiger partial charge < -0.3 is 4.90 Å². The number of rotatable bonds is 3. The van der Waals surface area contributed by atoms with Crippen molar-refractivity contribution in [3.63, 3.8) is 0 Å². The summed E-state index contributed by atoms with van der Waals surface area (Å²) in [6, 6.07) is 0. The first kappa shape index (κ1) is 8.97. The van der Waals surface area contributed by atoms with E-state index in [1.165, 1.54) is 13.0 Å². The predicted octanol–water partition coefficient (Wildman–Crippen LogP) is 0.254. The van der Waals surface area contributed by atoms with Crippen LogP contribution in [-0.4, -0.2) is 49.2 Å². The number of nitrogens with zero attached hydrogens (tertiary/aromatic N) is 2. The van der Waals surface area contributed by atoms with E-state index in [1.54, 1.807) is 0 Å². The molecule has 3 nitrogen and oxygen atoms in total. The van der Waals surface area contributed by atoms with Crippen molar-refractivity contribution in [3.8, 4) is 0 Å². The highest BCUT2D eigenvalue weighted by molar-refractivity contribution is 4.69. The van der Waals surface area contributed by atoms with Crippen LogP contribution in [0.5, 0.6) is 0 Å². The molecule has 1 aliphatic heterocycles. The van der Waals surface area contributed by atoms with E-state index < -0.39 is 0 Å². The molecule has 65 valence electrons. The molecule has 0 aromatic carbocycles. The van der Waals surface area contributed by atoms with Crippen molar-refractivity contribution >= 4 is 0 Å². The second-order valence-electron chi connectivity index (χ2n) is 3.12. The Morgan fingerprint density at radius 2 is 1.64 bits per heavy atom. The lowest BCUT2D eigenvalue weighted by Crippen LogP contribution is -2.46. The molecule has 1 rings (SSSR count). The van der Waals surface area contributed by atoms with Crippen LogP contribution in [0.3, 0.4) is 0 Å². The van der Waals surface area contributed by atoms with Gasteiger partial charge in [-0.1, -0.05) is 6.92 Å². The van der Waals surface area contributed by atoms with Crippen LogP contribution >= 0.6 is 0 Å². The van der Waals surface area contributed by atoms with Gasteiger partial charge in [-0.25, -0.2) is 5.73 Å². The normalized spacial score (nSPS) is 22.4. The number of hydrogen-bond acceptors (Lipinski definition) is 2. The van der Waals surface area contributed by atoms with Crippen LogP contribution < -0.4 is 5.73 Å². The third-order valence-corrected chi connectivity index (χ3v) is 2.23. The van der Waals surface area contributed by atoms with Crippen molar-refractivity contribution in [3.05, 3.63) is 0 Å². The van der Waals surface area contributed by atoms with Crippen LogP contribution in [0, 0.1) is 0 Å². The Bertz CT molecular complexity index is 97.5. The molecule has 0 atom stereocenters. The SMILES string of the molecule is CCCN1CCN(C[NH])CC1. The van der Waals surface area contributed by atoms with Crippen molar-refractivity contribution in [2.75, 3.05) is 39.4 Å². The first-order chi connectivity index (χ1) is 5.36. The van der Waals surface area contributed by atoms with Crippen LogP contribution in [0.15, 0.2) is 0 Å². The number of nitrogens with one attached hydrogen (secondary N) is 1. The Morgan fingerprint density at radius 3 is 2.09 bits per heavy atom. The zero-order valence-corrected chi connectivity index (χ0v) is 7.34. The van der Waals surface area contributed by atoms with Gasteiger partial charge in [0.05, 0.1) is 6.67 Å². The highest BCUT2D eigenvalue weighted by Gasteiger charge is 2.13. The van der Waals surface area contributed by atoms with E-state index in [0.717, 1.165) is 26.2 Å². The molecule has 0 bridgehead atoms. The molecule has 1 fully saturated rings. The second-order valence-corrected chi connectivity index (χ2v) is 3.12. The molecule has 11 heavy (non-hydrogen) atoms. The zero-order valence-electron chi connectivity index (χ0n) is 7.34. The maximum absolute atomic E-state index is 7.17. The van der Waals surface area contributed by atoms with Gasteiger partial charge in [0.15, 0.2) is 0 Å². The Morgan fingerprint density at radius 1 is 1.09 bits per heavy atom. The third kappa shape index (κ3) is 2.77. The van der Waals surface area contributed by atoms with Crippen LogP contribution in [-0.2, 0) is 0 Å². The monoisotopic (exact) mass is 156 g/mol. The summed E-state index contributed by atoms with van der Waals surface area (Å²) in [5.74, 6) is 0. The third-order valence-electron chi connectivity index (χ3n) is 2.23. The maximum atomic E-state index is 7.17. The van der Waals surface area contributed by atoms with Gasteiger partial charge in [0.1, 0.15) is 0 Å². The van der Waals surface area contributed by atoms with Gasteiger partial charge in [-0.2, -0.15) is 0 Å². The average molecular weight is 156 g/mol. The van der Waals surface area contributed by atoms with Crippen molar-refractivity contribution in [2.24, 2.45) is 0 Å². The Hall–Kier alpha value is -0.120. The standard InChI is InChI=1S/C8H18N3/c1-2-3-10-4-6-11(8-9)7-5-10/h9H,2-8H2,1H3. The average Bonchev–Trinajstić information content (AvgIpc) is 2.07. The maximum Gasteiger partial charge on any atom is 0.0616 e. The molecule has 1 N–H and O–H groups in total. The quantitative estimate of drug-likeness (QED) is 0.586. The summed E-state index contributed by atoms with van der Waals surface area (Å²) >= 11 is 0. The van der Waals surface area contributed by atoms with Crippen LogP contribution in [0.25, 0.3) is 0 Å². The first-order valence-corrected chi connectivity index (χ1v) is 4.46. The molecule has 0 aliphatic carbocycles. The molecule has 0 spiro atoms. The van der Waals surface area contributed by atoms with Gasteiger partial charge in [-0.15, -0.1) is 0 Å². The van der Waals surface area contributed by atoms with E-state index in [2.05, 4.69) is 16.7 Å². The molecular formula is C8H18N3. The van der Waals surface area contributed by atoms with Crippen molar-refractivity contribution < 1.29 is 0 Å². The fourth-order valence-electron chi connectivity index (χ4n) is 1.49. The van der Waals surface area contributed by atoms with E-state index >= 15 is 0 Å². The van der Waals surface area contributed by atoms with Gasteiger partial charge in [-0.05, 0) is 13.0 Å². The molecule has 1 radical (unpaired) electrons. The largest absolute Gasteiger partial charge is 0.301 e. The van der Waals surface area contributed by atoms with Crippen molar-refractivity contribution in [1.82, 2.24) is 15.5 Å². The van der Waals surface area contributed by atoms with E-state index in [0.29, 0.717) is 6.67 Å². The molecular weight excluding hydrogens is 138 g/mol.